The average molecular weight is 405 g/mol. The van der Waals surface area contributed by atoms with Crippen LogP contribution in [0.3, 0.4) is 0 Å². The molecule has 0 amide bonds. The van der Waals surface area contributed by atoms with E-state index in [0.717, 1.165) is 60.6 Å². The lowest BCUT2D eigenvalue weighted by molar-refractivity contribution is 0.0971. The number of carbonyl (C=O) groups excluding carboxylic acids is 1. The van der Waals surface area contributed by atoms with Crippen LogP contribution < -0.4 is 5.32 Å². The Balaban J connectivity index is 1.48. The molecule has 1 N–H and O–H groups in total. The minimum Gasteiger partial charge on any atom is -0.317 e. The molecule has 1 fully saturated rings. The van der Waals surface area contributed by atoms with Crippen LogP contribution in [-0.2, 0) is 12.8 Å². The van der Waals surface area contributed by atoms with Gasteiger partial charge >= 0.3 is 0 Å². The lowest BCUT2D eigenvalue weighted by Crippen LogP contribution is -2.27. The predicted octanol–water partition coefficient (Wildman–Crippen LogP) is 4.46. The fourth-order valence-corrected chi connectivity index (χ4v) is 4.54. The smallest absolute Gasteiger partial charge is 0.162 e. The molecule has 2 aromatic heterocycles. The summed E-state index contributed by atoms with van der Waals surface area (Å²) in [4.78, 5) is 17.4. The Morgan fingerprint density at radius 1 is 1.17 bits per heavy atom. The zero-order valence-electron chi connectivity index (χ0n) is 18.4. The molecule has 3 heterocycles. The second-order valence-corrected chi connectivity index (χ2v) is 8.58. The molecule has 0 radical (unpaired) electrons. The molecule has 1 aliphatic rings. The van der Waals surface area contributed by atoms with Crippen LogP contribution >= 0.6 is 0 Å². The Bertz CT molecular complexity index is 1030. The van der Waals surface area contributed by atoms with E-state index in [-0.39, 0.29) is 5.78 Å². The Labute approximate surface area is 178 Å². The van der Waals surface area contributed by atoms with Gasteiger partial charge < -0.3 is 5.32 Å². The number of hydrogen-bond donors (Lipinski definition) is 1. The Morgan fingerprint density at radius 2 is 1.90 bits per heavy atom. The molecule has 5 heteroatoms. The van der Waals surface area contributed by atoms with Crippen molar-refractivity contribution in [3.05, 3.63) is 64.1 Å². The second-order valence-electron chi connectivity index (χ2n) is 8.58. The molecule has 30 heavy (non-hydrogen) atoms. The molecule has 5 nitrogen and oxygen atoms in total. The third-order valence-corrected chi connectivity index (χ3v) is 6.30. The van der Waals surface area contributed by atoms with Crippen LogP contribution in [0.2, 0.25) is 0 Å². The topological polar surface area (TPSA) is 59.3 Å². The van der Waals surface area contributed by atoms with E-state index in [1.165, 1.54) is 24.0 Å². The summed E-state index contributed by atoms with van der Waals surface area (Å²) < 4.78 is 1.96. The van der Waals surface area contributed by atoms with E-state index >= 15 is 0 Å². The van der Waals surface area contributed by atoms with Crippen LogP contribution in [0.1, 0.15) is 71.2 Å². The number of ketones is 1. The molecule has 0 atom stereocenters. The van der Waals surface area contributed by atoms with Gasteiger partial charge in [0.15, 0.2) is 11.4 Å². The zero-order chi connectivity index (χ0) is 21.1. The largest absolute Gasteiger partial charge is 0.317 e. The van der Waals surface area contributed by atoms with Crippen molar-refractivity contribution in [1.29, 1.82) is 0 Å². The highest BCUT2D eigenvalue weighted by atomic mass is 16.1. The number of carbonyl (C=O) groups is 1. The van der Waals surface area contributed by atoms with Crippen molar-refractivity contribution in [2.75, 3.05) is 13.1 Å². The van der Waals surface area contributed by atoms with E-state index in [1.54, 1.807) is 0 Å². The van der Waals surface area contributed by atoms with E-state index in [9.17, 15) is 4.79 Å². The van der Waals surface area contributed by atoms with Gasteiger partial charge in [-0.05, 0) is 70.2 Å². The van der Waals surface area contributed by atoms with E-state index in [1.807, 2.05) is 23.6 Å². The minimum absolute atomic E-state index is 0.262. The van der Waals surface area contributed by atoms with E-state index < -0.39 is 0 Å². The van der Waals surface area contributed by atoms with Crippen LogP contribution in [0, 0.1) is 19.8 Å². The van der Waals surface area contributed by atoms with E-state index in [0.29, 0.717) is 12.3 Å². The number of rotatable bonds is 7. The number of nitrogens with one attached hydrogen (secondary N) is 1. The van der Waals surface area contributed by atoms with Gasteiger partial charge in [-0.15, -0.1) is 0 Å². The summed E-state index contributed by atoms with van der Waals surface area (Å²) in [6.07, 6.45) is 5.71. The average Bonchev–Trinajstić information content (AvgIpc) is 3.11. The summed E-state index contributed by atoms with van der Waals surface area (Å²) in [5.74, 6) is 0.954. The van der Waals surface area contributed by atoms with E-state index in [2.05, 4.69) is 37.4 Å². The third-order valence-electron chi connectivity index (χ3n) is 6.30. The molecule has 0 aliphatic carbocycles. The van der Waals surface area contributed by atoms with Crippen molar-refractivity contribution >= 4 is 11.4 Å². The molecule has 0 saturated carbocycles. The quantitative estimate of drug-likeness (QED) is 0.591. The van der Waals surface area contributed by atoms with Crippen molar-refractivity contribution in [1.82, 2.24) is 19.9 Å². The van der Waals surface area contributed by atoms with Gasteiger partial charge in [0, 0.05) is 35.4 Å². The number of hydrogen-bond acceptors (Lipinski definition) is 4. The molecular formula is C25H32N4O. The van der Waals surface area contributed by atoms with Gasteiger partial charge in [0.1, 0.15) is 0 Å². The lowest BCUT2D eigenvalue weighted by Gasteiger charge is -2.22. The first-order valence-electron chi connectivity index (χ1n) is 11.2. The number of nitrogens with zero attached hydrogens (tertiary/aromatic N) is 3. The van der Waals surface area contributed by atoms with Crippen molar-refractivity contribution < 1.29 is 4.79 Å². The summed E-state index contributed by atoms with van der Waals surface area (Å²) in [6.45, 7) is 8.41. The summed E-state index contributed by atoms with van der Waals surface area (Å²) in [6, 6.07) is 10.2. The number of aromatic nitrogens is 3. The number of fused-ring (bicyclic) bond motifs is 1. The van der Waals surface area contributed by atoms with Crippen LogP contribution in [-0.4, -0.2) is 33.5 Å². The predicted molar refractivity (Wildman–Crippen MR) is 120 cm³/mol. The molecule has 1 aliphatic heterocycles. The van der Waals surface area contributed by atoms with Gasteiger partial charge in [-0.1, -0.05) is 31.2 Å². The highest BCUT2D eigenvalue weighted by molar-refractivity contribution is 5.96. The van der Waals surface area contributed by atoms with Crippen molar-refractivity contribution in [2.45, 2.75) is 59.3 Å². The summed E-state index contributed by atoms with van der Waals surface area (Å²) in [7, 11) is 0. The van der Waals surface area contributed by atoms with Gasteiger partial charge in [-0.3, -0.25) is 4.79 Å². The van der Waals surface area contributed by atoms with E-state index in [4.69, 9.17) is 10.1 Å². The van der Waals surface area contributed by atoms with Gasteiger partial charge in [-0.2, -0.15) is 5.10 Å². The maximum atomic E-state index is 12.6. The fourth-order valence-electron chi connectivity index (χ4n) is 4.54. The van der Waals surface area contributed by atoms with Crippen LogP contribution in [0.4, 0.5) is 0 Å². The highest BCUT2D eigenvalue weighted by Crippen LogP contribution is 2.23. The third kappa shape index (κ3) is 4.46. The van der Waals surface area contributed by atoms with Crippen LogP contribution in [0.25, 0.3) is 5.65 Å². The maximum absolute atomic E-state index is 12.6. The zero-order valence-corrected chi connectivity index (χ0v) is 18.4. The first-order valence-corrected chi connectivity index (χ1v) is 11.2. The molecule has 0 bridgehead atoms. The normalized spacial score (nSPS) is 15.0. The van der Waals surface area contributed by atoms with Gasteiger partial charge in [0.25, 0.3) is 0 Å². The monoisotopic (exact) mass is 404 g/mol. The Hall–Kier alpha value is -2.53. The minimum atomic E-state index is 0.262. The Morgan fingerprint density at radius 3 is 2.60 bits per heavy atom. The number of aryl methyl sites for hydroxylation is 3. The molecule has 3 aromatic rings. The lowest BCUT2D eigenvalue weighted by atomic mass is 9.91. The molecule has 1 saturated heterocycles. The summed E-state index contributed by atoms with van der Waals surface area (Å²) in [5.41, 5.74) is 7.37. The molecule has 4 rings (SSSR count). The second kappa shape index (κ2) is 9.09. The summed E-state index contributed by atoms with van der Waals surface area (Å²) in [5, 5.41) is 8.17. The van der Waals surface area contributed by atoms with Crippen molar-refractivity contribution in [2.24, 2.45) is 5.92 Å². The van der Waals surface area contributed by atoms with Gasteiger partial charge in [0.2, 0.25) is 0 Å². The van der Waals surface area contributed by atoms with Crippen LogP contribution in [0.15, 0.2) is 30.3 Å². The van der Waals surface area contributed by atoms with Crippen LogP contribution in [0.5, 0.6) is 0 Å². The number of piperidine rings is 1. The summed E-state index contributed by atoms with van der Waals surface area (Å²) >= 11 is 0. The molecular weight excluding hydrogens is 372 g/mol. The Kier molecular flexibility index (Phi) is 6.28. The fraction of sp³-hybridized carbons (Fsp3) is 0.480. The maximum Gasteiger partial charge on any atom is 0.162 e. The van der Waals surface area contributed by atoms with Crippen molar-refractivity contribution in [3.63, 3.8) is 0 Å². The molecule has 0 spiro atoms. The van der Waals surface area contributed by atoms with Crippen molar-refractivity contribution in [3.8, 4) is 0 Å². The number of benzene rings is 1. The van der Waals surface area contributed by atoms with Gasteiger partial charge in [0.05, 0.1) is 5.69 Å². The molecule has 158 valence electrons. The molecule has 0 unspecified atom stereocenters. The number of Topliss-reactive ketones (excluding diaryl/α,β-unsaturated/α-hetero) is 1. The SMILES string of the molecule is CCc1nn2c(C)cc(C)nc2c1Cc1ccc(C(=O)CCC2CCNCC2)cc1. The molecule has 1 aromatic carbocycles. The first kappa shape index (κ1) is 20.7. The first-order chi connectivity index (χ1) is 14.5. The highest BCUT2D eigenvalue weighted by Gasteiger charge is 2.17. The van der Waals surface area contributed by atoms with Gasteiger partial charge in [-0.25, -0.2) is 9.50 Å². The standard InChI is InChI=1S/C25H32N4O/c1-4-23-22(25-27-17(2)15-18(3)29(25)28-23)16-20-5-8-21(9-6-20)24(30)10-7-19-11-13-26-14-12-19/h5-6,8-9,15,19,26H,4,7,10-14,16H2,1-3H3.